The number of hydrogen-bond donors (Lipinski definition) is 0. The SMILES string of the molecule is COc1ccc(C(=O)Oc2c(I)cc(/C=C3\SC(=O)N(CC(=O)OC(C)C)C3=O)cc2OC)cc1. The molecule has 0 aliphatic carbocycles. The number of hydrogen-bond acceptors (Lipinski definition) is 9. The normalized spacial score (nSPS) is 14.5. The van der Waals surface area contributed by atoms with Crippen molar-refractivity contribution in [2.24, 2.45) is 0 Å². The number of imide groups is 1. The summed E-state index contributed by atoms with van der Waals surface area (Å²) in [4.78, 5) is 50.5. The van der Waals surface area contributed by atoms with Crippen molar-refractivity contribution in [1.82, 2.24) is 4.90 Å². The van der Waals surface area contributed by atoms with Crippen molar-refractivity contribution >= 4 is 63.5 Å². The van der Waals surface area contributed by atoms with E-state index in [0.29, 0.717) is 20.4 Å². The van der Waals surface area contributed by atoms with Gasteiger partial charge in [0, 0.05) is 0 Å². The first kappa shape index (κ1) is 26.5. The second-order valence-corrected chi connectivity index (χ2v) is 9.61. The van der Waals surface area contributed by atoms with E-state index in [9.17, 15) is 19.2 Å². The van der Waals surface area contributed by atoms with Gasteiger partial charge in [0.15, 0.2) is 11.5 Å². The third-order valence-corrected chi connectivity index (χ3v) is 6.31. The number of nitrogens with zero attached hydrogens (tertiary/aromatic N) is 1. The average Bonchev–Trinajstić information content (AvgIpc) is 3.07. The summed E-state index contributed by atoms with van der Waals surface area (Å²) in [6.07, 6.45) is 1.16. The molecule has 2 amide bonds. The Bertz CT molecular complexity index is 1190. The Morgan fingerprint density at radius 2 is 1.77 bits per heavy atom. The molecular weight excluding hydrogens is 589 g/mol. The van der Waals surface area contributed by atoms with Gasteiger partial charge in [0.25, 0.3) is 11.1 Å². The molecule has 0 saturated carbocycles. The van der Waals surface area contributed by atoms with E-state index in [1.54, 1.807) is 50.2 Å². The molecule has 0 N–H and O–H groups in total. The molecule has 1 fully saturated rings. The van der Waals surface area contributed by atoms with Crippen molar-refractivity contribution in [3.05, 3.63) is 56.0 Å². The molecule has 1 saturated heterocycles. The van der Waals surface area contributed by atoms with Crippen molar-refractivity contribution in [1.29, 1.82) is 0 Å². The van der Waals surface area contributed by atoms with Crippen LogP contribution in [0.15, 0.2) is 41.3 Å². The highest BCUT2D eigenvalue weighted by Crippen LogP contribution is 2.37. The lowest BCUT2D eigenvalue weighted by atomic mass is 10.1. The molecule has 0 aromatic heterocycles. The van der Waals surface area contributed by atoms with E-state index in [-0.39, 0.29) is 22.5 Å². The minimum absolute atomic E-state index is 0.146. The van der Waals surface area contributed by atoms with E-state index >= 15 is 0 Å². The number of rotatable bonds is 8. The van der Waals surface area contributed by atoms with Crippen LogP contribution in [0.3, 0.4) is 0 Å². The average molecular weight is 611 g/mol. The Balaban J connectivity index is 1.80. The minimum atomic E-state index is -0.664. The van der Waals surface area contributed by atoms with Crippen LogP contribution in [0.25, 0.3) is 6.08 Å². The van der Waals surface area contributed by atoms with Crippen molar-refractivity contribution in [3.8, 4) is 17.2 Å². The highest BCUT2D eigenvalue weighted by atomic mass is 127. The summed E-state index contributed by atoms with van der Waals surface area (Å²) >= 11 is 2.71. The molecule has 35 heavy (non-hydrogen) atoms. The Labute approximate surface area is 219 Å². The van der Waals surface area contributed by atoms with Gasteiger partial charge in [-0.1, -0.05) is 0 Å². The molecule has 0 radical (unpaired) electrons. The summed E-state index contributed by atoms with van der Waals surface area (Å²) in [5, 5.41) is -0.561. The van der Waals surface area contributed by atoms with E-state index in [1.165, 1.54) is 20.3 Å². The van der Waals surface area contributed by atoms with Gasteiger partial charge in [0.2, 0.25) is 0 Å². The van der Waals surface area contributed by atoms with E-state index in [2.05, 4.69) is 0 Å². The molecule has 3 rings (SSSR count). The smallest absolute Gasteiger partial charge is 0.343 e. The van der Waals surface area contributed by atoms with Crippen molar-refractivity contribution in [3.63, 3.8) is 0 Å². The zero-order valence-corrected chi connectivity index (χ0v) is 22.3. The van der Waals surface area contributed by atoms with Crippen LogP contribution in [-0.4, -0.2) is 54.9 Å². The number of methoxy groups -OCH3 is 2. The largest absolute Gasteiger partial charge is 0.497 e. The molecule has 9 nitrogen and oxygen atoms in total. The second kappa shape index (κ2) is 11.6. The Morgan fingerprint density at radius 3 is 2.37 bits per heavy atom. The van der Waals surface area contributed by atoms with Gasteiger partial charge in [-0.15, -0.1) is 0 Å². The number of amides is 2. The van der Waals surface area contributed by atoms with Crippen molar-refractivity contribution in [2.45, 2.75) is 20.0 Å². The summed E-state index contributed by atoms with van der Waals surface area (Å²) in [5.41, 5.74) is 0.878. The van der Waals surface area contributed by atoms with Crippen molar-refractivity contribution in [2.75, 3.05) is 20.8 Å². The minimum Gasteiger partial charge on any atom is -0.497 e. The molecule has 0 unspecified atom stereocenters. The van der Waals surface area contributed by atoms with Crippen LogP contribution in [0, 0.1) is 3.57 Å². The quantitative estimate of drug-likeness (QED) is 0.184. The third-order valence-electron chi connectivity index (χ3n) is 4.60. The molecule has 2 aromatic carbocycles. The molecule has 0 spiro atoms. The first-order chi connectivity index (χ1) is 16.6. The van der Waals surface area contributed by atoms with Gasteiger partial charge in [0.05, 0.1) is 34.4 Å². The molecular formula is C24H22INO8S. The summed E-state index contributed by atoms with van der Waals surface area (Å²) in [5.74, 6) is -0.738. The lowest BCUT2D eigenvalue weighted by molar-refractivity contribution is -0.149. The van der Waals surface area contributed by atoms with Crippen LogP contribution < -0.4 is 14.2 Å². The van der Waals surface area contributed by atoms with E-state index in [0.717, 1.165) is 16.7 Å². The number of carbonyl (C=O) groups is 4. The van der Waals surface area contributed by atoms with Gasteiger partial charge in [-0.2, -0.15) is 0 Å². The number of esters is 2. The molecule has 1 heterocycles. The lowest BCUT2D eigenvalue weighted by Gasteiger charge is -2.13. The van der Waals surface area contributed by atoms with Crippen LogP contribution in [0.4, 0.5) is 4.79 Å². The molecule has 2 aromatic rings. The monoisotopic (exact) mass is 611 g/mol. The van der Waals surface area contributed by atoms with Gasteiger partial charge in [-0.25, -0.2) is 4.79 Å². The van der Waals surface area contributed by atoms with Gasteiger partial charge >= 0.3 is 11.9 Å². The topological polar surface area (TPSA) is 108 Å². The fourth-order valence-electron chi connectivity index (χ4n) is 3.02. The molecule has 1 aliphatic heterocycles. The van der Waals surface area contributed by atoms with Gasteiger partial charge in [-0.05, 0) is 96.2 Å². The van der Waals surface area contributed by atoms with Crippen LogP contribution in [0.5, 0.6) is 17.2 Å². The highest BCUT2D eigenvalue weighted by molar-refractivity contribution is 14.1. The predicted octanol–water partition coefficient (Wildman–Crippen LogP) is 4.52. The molecule has 11 heteroatoms. The molecule has 184 valence electrons. The highest BCUT2D eigenvalue weighted by Gasteiger charge is 2.37. The number of benzene rings is 2. The number of carbonyl (C=O) groups excluding carboxylic acids is 4. The van der Waals surface area contributed by atoms with Crippen LogP contribution in [0.2, 0.25) is 0 Å². The van der Waals surface area contributed by atoms with Gasteiger partial charge < -0.3 is 18.9 Å². The fraction of sp³-hybridized carbons (Fsp3) is 0.250. The van der Waals surface area contributed by atoms with Gasteiger partial charge in [0.1, 0.15) is 12.3 Å². The first-order valence-electron chi connectivity index (χ1n) is 10.3. The Kier molecular flexibility index (Phi) is 8.78. The second-order valence-electron chi connectivity index (χ2n) is 7.46. The summed E-state index contributed by atoms with van der Waals surface area (Å²) in [7, 11) is 2.96. The summed E-state index contributed by atoms with van der Waals surface area (Å²) in [6, 6.07) is 9.74. The zero-order chi connectivity index (χ0) is 25.7. The number of ether oxygens (including phenoxy) is 4. The van der Waals surface area contributed by atoms with Gasteiger partial charge in [-0.3, -0.25) is 19.3 Å². The maximum absolute atomic E-state index is 12.7. The van der Waals surface area contributed by atoms with Crippen LogP contribution in [0.1, 0.15) is 29.8 Å². The first-order valence-corrected chi connectivity index (χ1v) is 12.2. The molecule has 1 aliphatic rings. The standard InChI is InChI=1S/C24H22INO8S/c1-13(2)33-20(27)12-26-22(28)19(35-24(26)30)11-14-9-17(25)21(18(10-14)32-4)34-23(29)15-5-7-16(31-3)8-6-15/h5-11,13H,12H2,1-4H3/b19-11-. The predicted molar refractivity (Wildman–Crippen MR) is 138 cm³/mol. The Hall–Kier alpha value is -3.06. The zero-order valence-electron chi connectivity index (χ0n) is 19.3. The van der Waals surface area contributed by atoms with Crippen molar-refractivity contribution < 1.29 is 38.1 Å². The summed E-state index contributed by atoms with van der Waals surface area (Å²) in [6.45, 7) is 2.90. The molecule has 0 atom stereocenters. The number of halogens is 1. The van der Waals surface area contributed by atoms with E-state index in [1.807, 2.05) is 22.6 Å². The summed E-state index contributed by atoms with van der Waals surface area (Å²) < 4.78 is 21.6. The van der Waals surface area contributed by atoms with Crippen LogP contribution >= 0.6 is 34.4 Å². The molecule has 0 bridgehead atoms. The Morgan fingerprint density at radius 1 is 1.09 bits per heavy atom. The lowest BCUT2D eigenvalue weighted by Crippen LogP contribution is -2.35. The maximum atomic E-state index is 12.7. The maximum Gasteiger partial charge on any atom is 0.343 e. The third kappa shape index (κ3) is 6.54. The fourth-order valence-corrected chi connectivity index (χ4v) is 4.59. The van der Waals surface area contributed by atoms with E-state index in [4.69, 9.17) is 18.9 Å². The van der Waals surface area contributed by atoms with Crippen LogP contribution in [-0.2, 0) is 14.3 Å². The van der Waals surface area contributed by atoms with E-state index < -0.39 is 29.6 Å². The number of thioether (sulfide) groups is 1.